The van der Waals surface area contributed by atoms with E-state index >= 15 is 0 Å². The van der Waals surface area contributed by atoms with Crippen LogP contribution in [0.3, 0.4) is 0 Å². The summed E-state index contributed by atoms with van der Waals surface area (Å²) >= 11 is 1.28. The summed E-state index contributed by atoms with van der Waals surface area (Å²) in [5.41, 5.74) is 1.44. The molecule has 1 unspecified atom stereocenters. The maximum atomic E-state index is 14.2. The molecule has 1 fully saturated rings. The predicted octanol–water partition coefficient (Wildman–Crippen LogP) is 4.17. The smallest absolute Gasteiger partial charge is 0.338 e. The highest BCUT2D eigenvalue weighted by Crippen LogP contribution is 2.41. The van der Waals surface area contributed by atoms with Crippen LogP contribution >= 0.6 is 11.3 Å². The minimum atomic E-state index is -0.787. The summed E-state index contributed by atoms with van der Waals surface area (Å²) in [5, 5.41) is 1.86. The molecular formula is C32H33N3O6S. The highest BCUT2D eigenvalue weighted by Gasteiger charge is 2.37. The standard InChI is InChI=1S/C32H33N3O6S/c1-4-8-23-28(31(37)40-5-2)29(27-22-10-7-6-9-20(22)11-13-24(27)38-3)35-30(36)25(42-32(35)33-23)19-21-12-14-26(41-21)34-15-17-39-18-16-34/h6-7,9-14,19,29H,4-5,8,15-18H2,1-3H3. The quantitative estimate of drug-likeness (QED) is 0.286. The molecule has 0 spiro atoms. The van der Waals surface area contributed by atoms with Gasteiger partial charge in [-0.1, -0.05) is 55.0 Å². The van der Waals surface area contributed by atoms with E-state index in [4.69, 9.17) is 23.6 Å². The third kappa shape index (κ3) is 5.05. The lowest BCUT2D eigenvalue weighted by Crippen LogP contribution is -2.40. The fourth-order valence-electron chi connectivity index (χ4n) is 5.63. The van der Waals surface area contributed by atoms with E-state index in [2.05, 4.69) is 4.90 Å². The molecule has 4 heterocycles. The van der Waals surface area contributed by atoms with Gasteiger partial charge in [0.1, 0.15) is 17.6 Å². The van der Waals surface area contributed by atoms with Crippen molar-refractivity contribution in [2.24, 2.45) is 4.99 Å². The number of thiazole rings is 1. The topological polar surface area (TPSA) is 95.5 Å². The fraction of sp³-hybridized carbons (Fsp3) is 0.344. The Bertz CT molecular complexity index is 1840. The van der Waals surface area contributed by atoms with Gasteiger partial charge >= 0.3 is 5.97 Å². The molecule has 218 valence electrons. The molecule has 2 aliphatic rings. The summed E-state index contributed by atoms with van der Waals surface area (Å²) < 4.78 is 25.1. The van der Waals surface area contributed by atoms with Crippen LogP contribution in [0.5, 0.6) is 5.75 Å². The molecule has 2 aromatic heterocycles. The number of nitrogens with zero attached hydrogens (tertiary/aromatic N) is 3. The maximum absolute atomic E-state index is 14.2. The molecule has 0 radical (unpaired) electrons. The van der Waals surface area contributed by atoms with E-state index in [9.17, 15) is 9.59 Å². The van der Waals surface area contributed by atoms with Crippen LogP contribution in [0.1, 0.15) is 44.1 Å². The molecule has 2 aromatic carbocycles. The van der Waals surface area contributed by atoms with E-state index in [1.54, 1.807) is 24.7 Å². The van der Waals surface area contributed by atoms with Gasteiger partial charge in [-0.25, -0.2) is 9.79 Å². The van der Waals surface area contributed by atoms with Gasteiger partial charge in [-0.05, 0) is 36.2 Å². The molecule has 6 rings (SSSR count). The van der Waals surface area contributed by atoms with Gasteiger partial charge in [-0.15, -0.1) is 0 Å². The maximum Gasteiger partial charge on any atom is 0.338 e. The van der Waals surface area contributed by atoms with Crippen molar-refractivity contribution in [3.63, 3.8) is 0 Å². The minimum Gasteiger partial charge on any atom is -0.496 e. The molecule has 42 heavy (non-hydrogen) atoms. The van der Waals surface area contributed by atoms with Gasteiger partial charge in [0.15, 0.2) is 10.7 Å². The van der Waals surface area contributed by atoms with E-state index in [0.717, 1.165) is 41.7 Å². The number of benzene rings is 2. The lowest BCUT2D eigenvalue weighted by molar-refractivity contribution is -0.139. The zero-order valence-corrected chi connectivity index (χ0v) is 24.7. The monoisotopic (exact) mass is 587 g/mol. The zero-order chi connectivity index (χ0) is 29.2. The average molecular weight is 588 g/mol. The summed E-state index contributed by atoms with van der Waals surface area (Å²) in [6, 6.07) is 14.7. The lowest BCUT2D eigenvalue weighted by atomic mass is 9.90. The average Bonchev–Trinajstić information content (AvgIpc) is 3.61. The summed E-state index contributed by atoms with van der Waals surface area (Å²) in [6.45, 7) is 6.81. The first-order valence-corrected chi connectivity index (χ1v) is 15.1. The molecule has 0 N–H and O–H groups in total. The van der Waals surface area contributed by atoms with Crippen LogP contribution in [0, 0.1) is 0 Å². The van der Waals surface area contributed by atoms with Gasteiger partial charge in [0, 0.05) is 30.8 Å². The largest absolute Gasteiger partial charge is 0.496 e. The van der Waals surface area contributed by atoms with Gasteiger partial charge in [0.05, 0.1) is 42.7 Å². The molecule has 10 heteroatoms. The Labute approximate surface area is 246 Å². The Balaban J connectivity index is 1.58. The van der Waals surface area contributed by atoms with Gasteiger partial charge in [0.25, 0.3) is 5.56 Å². The van der Waals surface area contributed by atoms with Crippen molar-refractivity contribution in [3.05, 3.63) is 90.8 Å². The number of methoxy groups -OCH3 is 1. The summed E-state index contributed by atoms with van der Waals surface area (Å²) in [5.74, 6) is 1.40. The molecule has 2 aliphatic heterocycles. The normalized spacial score (nSPS) is 17.4. The number of ether oxygens (including phenoxy) is 3. The summed E-state index contributed by atoms with van der Waals surface area (Å²) in [6.07, 6.45) is 3.08. The van der Waals surface area contributed by atoms with Crippen LogP contribution in [0.15, 0.2) is 74.0 Å². The number of esters is 1. The first kappa shape index (κ1) is 28.0. The molecule has 9 nitrogen and oxygen atoms in total. The van der Waals surface area contributed by atoms with E-state index in [1.807, 2.05) is 55.5 Å². The SMILES string of the molecule is CCCC1=C(C(=O)OCC)C(c2c(OC)ccc3ccccc23)n2c(sc(=Cc3ccc(N4CCOCC4)o3)c2=O)=N1. The van der Waals surface area contributed by atoms with Gasteiger partial charge < -0.3 is 23.5 Å². The second-order valence-electron chi connectivity index (χ2n) is 10.1. The van der Waals surface area contributed by atoms with Crippen molar-refractivity contribution in [2.45, 2.75) is 32.7 Å². The summed E-state index contributed by atoms with van der Waals surface area (Å²) in [7, 11) is 1.60. The van der Waals surface area contributed by atoms with Crippen molar-refractivity contribution < 1.29 is 23.4 Å². The molecule has 4 aromatic rings. The molecule has 0 bridgehead atoms. The number of aromatic nitrogens is 1. The fourth-order valence-corrected chi connectivity index (χ4v) is 6.63. The summed E-state index contributed by atoms with van der Waals surface area (Å²) in [4.78, 5) is 35.4. The third-order valence-electron chi connectivity index (χ3n) is 7.52. The lowest BCUT2D eigenvalue weighted by Gasteiger charge is -2.28. The number of allylic oxidation sites excluding steroid dienone is 1. The third-order valence-corrected chi connectivity index (χ3v) is 8.51. The van der Waals surface area contributed by atoms with Crippen molar-refractivity contribution >= 4 is 40.0 Å². The number of anilines is 1. The van der Waals surface area contributed by atoms with Gasteiger partial charge in [-0.2, -0.15) is 0 Å². The number of rotatable bonds is 8. The van der Waals surface area contributed by atoms with E-state index in [-0.39, 0.29) is 12.2 Å². The van der Waals surface area contributed by atoms with Crippen molar-refractivity contribution in [1.29, 1.82) is 0 Å². The number of furan rings is 1. The number of fused-ring (bicyclic) bond motifs is 2. The Hall–Kier alpha value is -4.15. The van der Waals surface area contributed by atoms with Crippen LogP contribution in [0.25, 0.3) is 16.8 Å². The second-order valence-corrected chi connectivity index (χ2v) is 11.1. The zero-order valence-electron chi connectivity index (χ0n) is 23.9. The van der Waals surface area contributed by atoms with Crippen LogP contribution < -0.4 is 24.5 Å². The van der Waals surface area contributed by atoms with Gasteiger partial charge in [0.2, 0.25) is 0 Å². The molecule has 0 aliphatic carbocycles. The van der Waals surface area contributed by atoms with Crippen LogP contribution in [0.4, 0.5) is 5.88 Å². The van der Waals surface area contributed by atoms with Crippen LogP contribution in [-0.4, -0.2) is 50.6 Å². The molecule has 0 amide bonds. The van der Waals surface area contributed by atoms with E-state index in [0.29, 0.717) is 51.7 Å². The first-order valence-electron chi connectivity index (χ1n) is 14.2. The molecular weight excluding hydrogens is 554 g/mol. The Morgan fingerprint density at radius 3 is 2.69 bits per heavy atom. The van der Waals surface area contributed by atoms with Crippen molar-refractivity contribution in [1.82, 2.24) is 4.57 Å². The second kappa shape index (κ2) is 12.0. The number of carbonyl (C=O) groups excluding carboxylic acids is 1. The van der Waals surface area contributed by atoms with Gasteiger partial charge in [-0.3, -0.25) is 9.36 Å². The first-order chi connectivity index (χ1) is 20.5. The minimum absolute atomic E-state index is 0.204. The van der Waals surface area contributed by atoms with Crippen molar-refractivity contribution in [3.8, 4) is 5.75 Å². The number of carbonyl (C=O) groups is 1. The Kier molecular flexibility index (Phi) is 7.99. The highest BCUT2D eigenvalue weighted by atomic mass is 32.1. The van der Waals surface area contributed by atoms with E-state index in [1.165, 1.54) is 11.3 Å². The van der Waals surface area contributed by atoms with Crippen molar-refractivity contribution in [2.75, 3.05) is 44.9 Å². The number of hydrogen-bond acceptors (Lipinski definition) is 9. The Morgan fingerprint density at radius 2 is 1.93 bits per heavy atom. The van der Waals surface area contributed by atoms with Crippen LogP contribution in [-0.2, 0) is 14.3 Å². The highest BCUT2D eigenvalue weighted by molar-refractivity contribution is 7.07. The van der Waals surface area contributed by atoms with E-state index < -0.39 is 12.0 Å². The van der Waals surface area contributed by atoms with Crippen LogP contribution in [0.2, 0.25) is 0 Å². The molecule has 0 saturated carbocycles. The number of morpholine rings is 1. The molecule has 1 saturated heterocycles. The Morgan fingerprint density at radius 1 is 1.12 bits per heavy atom. The molecule has 1 atom stereocenters. The predicted molar refractivity (Wildman–Crippen MR) is 162 cm³/mol. The number of hydrogen-bond donors (Lipinski definition) is 0.